The minimum atomic E-state index is 0.0928. The normalized spacial score (nSPS) is 14.9. The summed E-state index contributed by atoms with van der Waals surface area (Å²) in [5.74, 6) is 0.797. The standard InChI is InChI=1S/C14H17ClINO/c1-9(2)17(8-10-3-4-10)14(18)11-5-6-13(16)12(15)7-11/h5-7,9-10H,3-4,8H2,1-2H3. The van der Waals surface area contributed by atoms with Gasteiger partial charge in [0.25, 0.3) is 5.91 Å². The highest BCUT2D eigenvalue weighted by molar-refractivity contribution is 14.1. The molecule has 1 fully saturated rings. The molecule has 0 unspecified atom stereocenters. The van der Waals surface area contributed by atoms with Gasteiger partial charge in [0.05, 0.1) is 5.02 Å². The summed E-state index contributed by atoms with van der Waals surface area (Å²) < 4.78 is 0.976. The molecule has 0 aromatic heterocycles. The molecule has 2 rings (SSSR count). The molecule has 0 spiro atoms. The van der Waals surface area contributed by atoms with Crippen LogP contribution < -0.4 is 0 Å². The maximum Gasteiger partial charge on any atom is 0.254 e. The average Bonchev–Trinajstić information content (AvgIpc) is 3.12. The number of amides is 1. The van der Waals surface area contributed by atoms with Crippen LogP contribution in [-0.4, -0.2) is 23.4 Å². The fraction of sp³-hybridized carbons (Fsp3) is 0.500. The molecule has 0 radical (unpaired) electrons. The van der Waals surface area contributed by atoms with Crippen molar-refractivity contribution in [3.8, 4) is 0 Å². The fourth-order valence-electron chi connectivity index (χ4n) is 1.90. The van der Waals surface area contributed by atoms with Crippen molar-refractivity contribution in [3.63, 3.8) is 0 Å². The summed E-state index contributed by atoms with van der Waals surface area (Å²) >= 11 is 8.25. The highest BCUT2D eigenvalue weighted by atomic mass is 127. The van der Waals surface area contributed by atoms with Gasteiger partial charge in [-0.3, -0.25) is 4.79 Å². The van der Waals surface area contributed by atoms with E-state index in [2.05, 4.69) is 36.4 Å². The molecule has 2 nitrogen and oxygen atoms in total. The first-order valence-electron chi connectivity index (χ1n) is 6.25. The molecular weight excluding hydrogens is 361 g/mol. The fourth-order valence-corrected chi connectivity index (χ4v) is 2.42. The van der Waals surface area contributed by atoms with Gasteiger partial charge in [0.1, 0.15) is 0 Å². The average molecular weight is 378 g/mol. The van der Waals surface area contributed by atoms with Gasteiger partial charge in [-0.05, 0) is 73.4 Å². The molecule has 98 valence electrons. The van der Waals surface area contributed by atoms with E-state index in [9.17, 15) is 4.79 Å². The summed E-state index contributed by atoms with van der Waals surface area (Å²) in [6, 6.07) is 5.76. The van der Waals surface area contributed by atoms with E-state index in [-0.39, 0.29) is 11.9 Å². The lowest BCUT2D eigenvalue weighted by Gasteiger charge is -2.27. The van der Waals surface area contributed by atoms with Gasteiger partial charge in [-0.25, -0.2) is 0 Å². The van der Waals surface area contributed by atoms with E-state index in [0.29, 0.717) is 16.5 Å². The molecule has 0 bridgehead atoms. The highest BCUT2D eigenvalue weighted by Gasteiger charge is 2.28. The number of hydrogen-bond acceptors (Lipinski definition) is 1. The van der Waals surface area contributed by atoms with E-state index in [0.717, 1.165) is 10.1 Å². The van der Waals surface area contributed by atoms with E-state index < -0.39 is 0 Å². The molecule has 0 saturated heterocycles. The predicted molar refractivity (Wildman–Crippen MR) is 83.1 cm³/mol. The van der Waals surface area contributed by atoms with Crippen LogP contribution in [0.1, 0.15) is 37.0 Å². The van der Waals surface area contributed by atoms with E-state index in [1.165, 1.54) is 12.8 Å². The van der Waals surface area contributed by atoms with Gasteiger partial charge in [0, 0.05) is 21.7 Å². The molecule has 1 amide bonds. The van der Waals surface area contributed by atoms with Crippen molar-refractivity contribution in [3.05, 3.63) is 32.4 Å². The predicted octanol–water partition coefficient (Wildman–Crippen LogP) is 4.21. The van der Waals surface area contributed by atoms with Gasteiger partial charge in [0.2, 0.25) is 0 Å². The molecule has 1 saturated carbocycles. The first kappa shape index (κ1) is 14.1. The van der Waals surface area contributed by atoms with Crippen molar-refractivity contribution >= 4 is 40.1 Å². The van der Waals surface area contributed by atoms with Crippen molar-refractivity contribution < 1.29 is 4.79 Å². The largest absolute Gasteiger partial charge is 0.336 e. The van der Waals surface area contributed by atoms with Crippen LogP contribution in [0.25, 0.3) is 0 Å². The smallest absolute Gasteiger partial charge is 0.254 e. The van der Waals surface area contributed by atoms with E-state index >= 15 is 0 Å². The van der Waals surface area contributed by atoms with Crippen LogP contribution in [0.3, 0.4) is 0 Å². The van der Waals surface area contributed by atoms with Gasteiger partial charge < -0.3 is 4.90 Å². The monoisotopic (exact) mass is 377 g/mol. The molecule has 1 aromatic rings. The Kier molecular flexibility index (Phi) is 4.54. The summed E-state index contributed by atoms with van der Waals surface area (Å²) in [6.45, 7) is 5.00. The Bertz CT molecular complexity index is 457. The first-order chi connectivity index (χ1) is 8.49. The second-order valence-electron chi connectivity index (χ2n) is 5.12. The third-order valence-corrected chi connectivity index (χ3v) is 4.77. The number of nitrogens with zero attached hydrogens (tertiary/aromatic N) is 1. The van der Waals surface area contributed by atoms with E-state index in [1.54, 1.807) is 6.07 Å². The van der Waals surface area contributed by atoms with Crippen LogP contribution in [-0.2, 0) is 0 Å². The molecule has 18 heavy (non-hydrogen) atoms. The van der Waals surface area contributed by atoms with Crippen molar-refractivity contribution in [1.29, 1.82) is 0 Å². The zero-order chi connectivity index (χ0) is 13.3. The molecule has 0 N–H and O–H groups in total. The molecule has 1 aliphatic rings. The SMILES string of the molecule is CC(C)N(CC1CC1)C(=O)c1ccc(I)c(Cl)c1. The highest BCUT2D eigenvalue weighted by Crippen LogP contribution is 2.31. The van der Waals surface area contributed by atoms with Crippen LogP contribution in [0.5, 0.6) is 0 Å². The summed E-state index contributed by atoms with van der Waals surface area (Å²) in [4.78, 5) is 14.4. The van der Waals surface area contributed by atoms with Crippen molar-refractivity contribution in [2.24, 2.45) is 5.92 Å². The van der Waals surface area contributed by atoms with Gasteiger partial charge in [-0.2, -0.15) is 0 Å². The number of rotatable bonds is 4. The van der Waals surface area contributed by atoms with Crippen LogP contribution in [0.2, 0.25) is 5.02 Å². The number of carbonyl (C=O) groups is 1. The summed E-state index contributed by atoms with van der Waals surface area (Å²) in [5.41, 5.74) is 0.690. The quantitative estimate of drug-likeness (QED) is 0.720. The van der Waals surface area contributed by atoms with Crippen molar-refractivity contribution in [1.82, 2.24) is 4.90 Å². The van der Waals surface area contributed by atoms with Gasteiger partial charge >= 0.3 is 0 Å². The minimum Gasteiger partial charge on any atom is -0.336 e. The molecule has 1 aromatic carbocycles. The molecule has 0 aliphatic heterocycles. The lowest BCUT2D eigenvalue weighted by molar-refractivity contribution is 0.0696. The van der Waals surface area contributed by atoms with Gasteiger partial charge in [0.15, 0.2) is 0 Å². The first-order valence-corrected chi connectivity index (χ1v) is 7.70. The zero-order valence-electron chi connectivity index (χ0n) is 10.6. The number of benzene rings is 1. The molecule has 0 atom stereocenters. The molecule has 4 heteroatoms. The zero-order valence-corrected chi connectivity index (χ0v) is 13.5. The third kappa shape index (κ3) is 3.38. The van der Waals surface area contributed by atoms with Crippen LogP contribution >= 0.6 is 34.2 Å². The third-order valence-electron chi connectivity index (χ3n) is 3.20. The summed E-state index contributed by atoms with van der Waals surface area (Å²) in [6.07, 6.45) is 2.51. The van der Waals surface area contributed by atoms with Crippen molar-refractivity contribution in [2.75, 3.05) is 6.54 Å². The van der Waals surface area contributed by atoms with Crippen molar-refractivity contribution in [2.45, 2.75) is 32.7 Å². The molecule has 1 aliphatic carbocycles. The Morgan fingerprint density at radius 2 is 2.17 bits per heavy atom. The second-order valence-corrected chi connectivity index (χ2v) is 6.69. The Morgan fingerprint density at radius 3 is 2.67 bits per heavy atom. The van der Waals surface area contributed by atoms with Gasteiger partial charge in [-0.15, -0.1) is 0 Å². The Hall–Kier alpha value is -0.290. The number of halogens is 2. The Morgan fingerprint density at radius 1 is 1.50 bits per heavy atom. The van der Waals surface area contributed by atoms with Gasteiger partial charge in [-0.1, -0.05) is 11.6 Å². The lowest BCUT2D eigenvalue weighted by Crippen LogP contribution is -2.38. The Labute approximate surface area is 127 Å². The van der Waals surface area contributed by atoms with Crippen LogP contribution in [0.15, 0.2) is 18.2 Å². The maximum absolute atomic E-state index is 12.5. The molecular formula is C14H17ClINO. The second kappa shape index (κ2) is 5.78. The lowest BCUT2D eigenvalue weighted by atomic mass is 10.1. The number of hydrogen-bond donors (Lipinski definition) is 0. The van der Waals surface area contributed by atoms with E-state index in [1.807, 2.05) is 17.0 Å². The Balaban J connectivity index is 2.18. The molecule has 0 heterocycles. The topological polar surface area (TPSA) is 20.3 Å². The van der Waals surface area contributed by atoms with Crippen LogP contribution in [0, 0.1) is 9.49 Å². The maximum atomic E-state index is 12.5. The summed E-state index contributed by atoms with van der Waals surface area (Å²) in [5, 5.41) is 0.650. The number of carbonyl (C=O) groups excluding carboxylic acids is 1. The summed E-state index contributed by atoms with van der Waals surface area (Å²) in [7, 11) is 0. The van der Waals surface area contributed by atoms with E-state index in [4.69, 9.17) is 11.6 Å². The minimum absolute atomic E-state index is 0.0928. The van der Waals surface area contributed by atoms with Crippen LogP contribution in [0.4, 0.5) is 0 Å².